The maximum atomic E-state index is 13.3. The molecule has 0 bridgehead atoms. The Balaban J connectivity index is 1.50. The van der Waals surface area contributed by atoms with Crippen LogP contribution < -0.4 is 0 Å². The number of sulfonamides is 1. The Bertz CT molecular complexity index is 1240. The van der Waals surface area contributed by atoms with Gasteiger partial charge in [0, 0.05) is 26.2 Å². The highest BCUT2D eigenvalue weighted by molar-refractivity contribution is 7.89. The van der Waals surface area contributed by atoms with Crippen LogP contribution in [0.1, 0.15) is 27.3 Å². The maximum absolute atomic E-state index is 13.3. The summed E-state index contributed by atoms with van der Waals surface area (Å²) >= 11 is 0. The summed E-state index contributed by atoms with van der Waals surface area (Å²) in [6, 6.07) is 12.7. The molecule has 0 unspecified atom stereocenters. The van der Waals surface area contributed by atoms with E-state index in [2.05, 4.69) is 5.10 Å². The summed E-state index contributed by atoms with van der Waals surface area (Å²) < 4.78 is 42.1. The molecule has 168 valence electrons. The lowest BCUT2D eigenvalue weighted by Crippen LogP contribution is -2.50. The number of halogens is 1. The van der Waals surface area contributed by atoms with E-state index >= 15 is 0 Å². The standard InChI is InChI=1S/C23H25FN4O3S/c1-16-4-10-21(11-5-16)32(30,31)27-14-12-26(13-15-27)23(29)22-17(2)25-28(18(22)3)20-8-6-19(24)7-9-20/h4-11H,12-15H2,1-3H3. The number of aryl methyl sites for hydroxylation is 2. The van der Waals surface area contributed by atoms with E-state index in [0.29, 0.717) is 35.7 Å². The number of aromatic nitrogens is 2. The fourth-order valence-corrected chi connectivity index (χ4v) is 5.36. The molecule has 32 heavy (non-hydrogen) atoms. The van der Waals surface area contributed by atoms with Crippen molar-refractivity contribution in [3.63, 3.8) is 0 Å². The second-order valence-corrected chi connectivity index (χ2v) is 9.88. The monoisotopic (exact) mass is 456 g/mol. The fourth-order valence-electron chi connectivity index (χ4n) is 3.93. The van der Waals surface area contributed by atoms with Crippen molar-refractivity contribution in [2.24, 2.45) is 0 Å². The lowest BCUT2D eigenvalue weighted by molar-refractivity contribution is 0.0696. The number of benzene rings is 2. The molecular formula is C23H25FN4O3S. The smallest absolute Gasteiger partial charge is 0.257 e. The van der Waals surface area contributed by atoms with Crippen LogP contribution in [0.3, 0.4) is 0 Å². The van der Waals surface area contributed by atoms with Gasteiger partial charge < -0.3 is 4.90 Å². The minimum atomic E-state index is -3.60. The highest BCUT2D eigenvalue weighted by Gasteiger charge is 2.32. The van der Waals surface area contributed by atoms with Gasteiger partial charge in [0.25, 0.3) is 5.91 Å². The number of nitrogens with zero attached hydrogens (tertiary/aromatic N) is 4. The average Bonchev–Trinajstić information content (AvgIpc) is 3.08. The van der Waals surface area contributed by atoms with Gasteiger partial charge in [0.1, 0.15) is 5.82 Å². The van der Waals surface area contributed by atoms with Gasteiger partial charge in [-0.3, -0.25) is 4.79 Å². The molecule has 1 fully saturated rings. The molecule has 1 aliphatic heterocycles. The number of amides is 1. The number of rotatable bonds is 4. The Hall–Kier alpha value is -3.04. The molecular weight excluding hydrogens is 431 g/mol. The van der Waals surface area contributed by atoms with Crippen molar-refractivity contribution in [1.29, 1.82) is 0 Å². The molecule has 4 rings (SSSR count). The van der Waals surface area contributed by atoms with E-state index in [-0.39, 0.29) is 29.7 Å². The van der Waals surface area contributed by atoms with Crippen LogP contribution in [0, 0.1) is 26.6 Å². The van der Waals surface area contributed by atoms with E-state index in [9.17, 15) is 17.6 Å². The van der Waals surface area contributed by atoms with Crippen LogP contribution in [0.5, 0.6) is 0 Å². The minimum absolute atomic E-state index is 0.180. The number of hydrogen-bond acceptors (Lipinski definition) is 4. The predicted molar refractivity (Wildman–Crippen MR) is 119 cm³/mol. The van der Waals surface area contributed by atoms with Gasteiger partial charge in [-0.05, 0) is 57.2 Å². The Morgan fingerprint density at radius 3 is 2.09 bits per heavy atom. The van der Waals surface area contributed by atoms with Gasteiger partial charge in [-0.25, -0.2) is 17.5 Å². The van der Waals surface area contributed by atoms with Crippen molar-refractivity contribution in [3.8, 4) is 5.69 Å². The SMILES string of the molecule is Cc1ccc(S(=O)(=O)N2CCN(C(=O)c3c(C)nn(-c4ccc(F)cc4)c3C)CC2)cc1. The topological polar surface area (TPSA) is 75.5 Å². The summed E-state index contributed by atoms with van der Waals surface area (Å²) in [5.74, 6) is -0.522. The van der Waals surface area contributed by atoms with Gasteiger partial charge in [0.2, 0.25) is 10.0 Å². The summed E-state index contributed by atoms with van der Waals surface area (Å²) in [6.07, 6.45) is 0. The summed E-state index contributed by atoms with van der Waals surface area (Å²) in [5, 5.41) is 4.47. The largest absolute Gasteiger partial charge is 0.336 e. The van der Waals surface area contributed by atoms with Gasteiger partial charge in [0.15, 0.2) is 0 Å². The van der Waals surface area contributed by atoms with E-state index in [0.717, 1.165) is 5.56 Å². The van der Waals surface area contributed by atoms with Crippen LogP contribution in [0.4, 0.5) is 4.39 Å². The summed E-state index contributed by atoms with van der Waals surface area (Å²) in [5.41, 5.74) is 3.39. The zero-order valence-corrected chi connectivity index (χ0v) is 19.1. The molecule has 2 aromatic carbocycles. The number of hydrogen-bond donors (Lipinski definition) is 0. The van der Waals surface area contributed by atoms with Gasteiger partial charge in [-0.15, -0.1) is 0 Å². The zero-order valence-electron chi connectivity index (χ0n) is 18.2. The lowest BCUT2D eigenvalue weighted by atomic mass is 10.1. The van der Waals surface area contributed by atoms with E-state index in [1.807, 2.05) is 6.92 Å². The van der Waals surface area contributed by atoms with E-state index in [1.165, 1.54) is 16.4 Å². The molecule has 0 saturated carbocycles. The molecule has 1 aromatic heterocycles. The molecule has 9 heteroatoms. The Labute approximate surface area is 187 Å². The predicted octanol–water partition coefficient (Wildman–Crippen LogP) is 3.08. The average molecular weight is 457 g/mol. The van der Waals surface area contributed by atoms with Crippen molar-refractivity contribution in [2.75, 3.05) is 26.2 Å². The van der Waals surface area contributed by atoms with Crippen molar-refractivity contribution in [3.05, 3.63) is 76.9 Å². The van der Waals surface area contributed by atoms with Gasteiger partial charge in [-0.2, -0.15) is 9.40 Å². The van der Waals surface area contributed by atoms with Crippen molar-refractivity contribution < 1.29 is 17.6 Å². The summed E-state index contributed by atoms with van der Waals surface area (Å²) in [4.78, 5) is 15.2. The number of carbonyl (C=O) groups excluding carboxylic acids is 1. The first-order valence-electron chi connectivity index (χ1n) is 10.4. The zero-order chi connectivity index (χ0) is 23.0. The molecule has 0 N–H and O–H groups in total. The summed E-state index contributed by atoms with van der Waals surface area (Å²) in [6.45, 7) is 6.52. The molecule has 0 atom stereocenters. The van der Waals surface area contributed by atoms with Gasteiger partial charge >= 0.3 is 0 Å². The first kappa shape index (κ1) is 22.2. The fraction of sp³-hybridized carbons (Fsp3) is 0.304. The Morgan fingerprint density at radius 1 is 0.906 bits per heavy atom. The van der Waals surface area contributed by atoms with Gasteiger partial charge in [0.05, 0.1) is 27.5 Å². The highest BCUT2D eigenvalue weighted by atomic mass is 32.2. The van der Waals surface area contributed by atoms with Crippen LogP contribution in [0.25, 0.3) is 5.69 Å². The first-order chi connectivity index (χ1) is 15.2. The highest BCUT2D eigenvalue weighted by Crippen LogP contribution is 2.23. The molecule has 7 nitrogen and oxygen atoms in total. The second-order valence-electron chi connectivity index (χ2n) is 7.94. The van der Waals surface area contributed by atoms with Crippen LogP contribution >= 0.6 is 0 Å². The third kappa shape index (κ3) is 4.05. The second kappa shape index (κ2) is 8.48. The van der Waals surface area contributed by atoms with Crippen molar-refractivity contribution >= 4 is 15.9 Å². The molecule has 3 aromatic rings. The van der Waals surface area contributed by atoms with Crippen molar-refractivity contribution in [2.45, 2.75) is 25.7 Å². The normalized spacial score (nSPS) is 15.2. The molecule has 1 saturated heterocycles. The molecule has 1 amide bonds. The third-order valence-corrected chi connectivity index (χ3v) is 7.67. The first-order valence-corrected chi connectivity index (χ1v) is 11.8. The molecule has 0 radical (unpaired) electrons. The van der Waals surface area contributed by atoms with Crippen LogP contribution in [-0.2, 0) is 10.0 Å². The lowest BCUT2D eigenvalue weighted by Gasteiger charge is -2.34. The Kier molecular flexibility index (Phi) is 5.87. The summed E-state index contributed by atoms with van der Waals surface area (Å²) in [7, 11) is -3.60. The van der Waals surface area contributed by atoms with E-state index < -0.39 is 10.0 Å². The van der Waals surface area contributed by atoms with E-state index in [4.69, 9.17) is 0 Å². The van der Waals surface area contributed by atoms with E-state index in [1.54, 1.807) is 59.8 Å². The molecule has 2 heterocycles. The molecule has 0 aliphatic carbocycles. The molecule has 1 aliphatic rings. The van der Waals surface area contributed by atoms with Gasteiger partial charge in [-0.1, -0.05) is 17.7 Å². The Morgan fingerprint density at radius 2 is 1.50 bits per heavy atom. The minimum Gasteiger partial charge on any atom is -0.336 e. The maximum Gasteiger partial charge on any atom is 0.257 e. The third-order valence-electron chi connectivity index (χ3n) is 5.76. The van der Waals surface area contributed by atoms with Crippen LogP contribution in [-0.4, -0.2) is 59.5 Å². The van der Waals surface area contributed by atoms with Crippen LogP contribution in [0.15, 0.2) is 53.4 Å². The van der Waals surface area contributed by atoms with Crippen LogP contribution in [0.2, 0.25) is 0 Å². The number of piperazine rings is 1. The number of carbonyl (C=O) groups is 1. The quantitative estimate of drug-likeness (QED) is 0.605. The van der Waals surface area contributed by atoms with Crippen molar-refractivity contribution in [1.82, 2.24) is 19.0 Å². The molecule has 0 spiro atoms.